The number of rotatable bonds is 4. The van der Waals surface area contributed by atoms with Gasteiger partial charge in [-0.1, -0.05) is 28.1 Å². The zero-order valence-electron chi connectivity index (χ0n) is 10.3. The molecule has 0 heterocycles. The molecule has 98 valence electrons. The second kappa shape index (κ2) is 5.97. The van der Waals surface area contributed by atoms with Crippen LogP contribution in [0.1, 0.15) is 22.8 Å². The predicted octanol–water partition coefficient (Wildman–Crippen LogP) is 4.22. The van der Waals surface area contributed by atoms with Crippen LogP contribution in [0.4, 0.5) is 4.39 Å². The number of halogens is 2. The molecule has 0 saturated carbocycles. The van der Waals surface area contributed by atoms with Crippen molar-refractivity contribution in [3.63, 3.8) is 0 Å². The normalized spacial score (nSPS) is 10.3. The Morgan fingerprint density at radius 2 is 2.05 bits per heavy atom. The zero-order chi connectivity index (χ0) is 13.8. The molecule has 2 rings (SSSR count). The Kier molecular flexibility index (Phi) is 4.32. The molecule has 2 aromatic carbocycles. The third-order valence-electron chi connectivity index (χ3n) is 2.58. The standard InChI is InChI=1S/C15H12BrFO2/c1-2-19-12-5-3-4-10(8-12)15(18)13-9-11(16)6-7-14(13)17/h3-9H,2H2,1H3. The van der Waals surface area contributed by atoms with Gasteiger partial charge >= 0.3 is 0 Å². The summed E-state index contributed by atoms with van der Waals surface area (Å²) < 4.78 is 19.7. The lowest BCUT2D eigenvalue weighted by molar-refractivity contribution is 0.103. The summed E-state index contributed by atoms with van der Waals surface area (Å²) in [7, 11) is 0. The minimum atomic E-state index is -0.532. The van der Waals surface area contributed by atoms with Crippen molar-refractivity contribution in [2.24, 2.45) is 0 Å². The van der Waals surface area contributed by atoms with Gasteiger partial charge in [-0.3, -0.25) is 4.79 Å². The molecule has 2 nitrogen and oxygen atoms in total. The lowest BCUT2D eigenvalue weighted by Crippen LogP contribution is -2.05. The number of carbonyl (C=O) groups excluding carboxylic acids is 1. The van der Waals surface area contributed by atoms with E-state index in [2.05, 4.69) is 15.9 Å². The lowest BCUT2D eigenvalue weighted by atomic mass is 10.0. The molecule has 0 unspecified atom stereocenters. The summed E-state index contributed by atoms with van der Waals surface area (Å²) in [6, 6.07) is 11.0. The Morgan fingerprint density at radius 1 is 1.26 bits per heavy atom. The van der Waals surface area contributed by atoms with Gasteiger partial charge in [0.15, 0.2) is 5.78 Å². The van der Waals surface area contributed by atoms with Crippen LogP contribution in [0.2, 0.25) is 0 Å². The van der Waals surface area contributed by atoms with Gasteiger partial charge in [0.05, 0.1) is 12.2 Å². The first-order chi connectivity index (χ1) is 9.11. The number of benzene rings is 2. The lowest BCUT2D eigenvalue weighted by Gasteiger charge is -2.06. The molecule has 0 aliphatic carbocycles. The smallest absolute Gasteiger partial charge is 0.196 e. The summed E-state index contributed by atoms with van der Waals surface area (Å²) in [4.78, 5) is 12.3. The Labute approximate surface area is 119 Å². The molecule has 0 radical (unpaired) electrons. The van der Waals surface area contributed by atoms with Crippen LogP contribution in [0, 0.1) is 5.82 Å². The van der Waals surface area contributed by atoms with E-state index < -0.39 is 5.82 Å². The molecular weight excluding hydrogens is 311 g/mol. The van der Waals surface area contributed by atoms with Crippen LogP contribution in [-0.4, -0.2) is 12.4 Å². The minimum Gasteiger partial charge on any atom is -0.494 e. The third kappa shape index (κ3) is 3.20. The second-order valence-corrected chi connectivity index (χ2v) is 4.83. The van der Waals surface area contributed by atoms with Crippen molar-refractivity contribution >= 4 is 21.7 Å². The first kappa shape index (κ1) is 13.7. The van der Waals surface area contributed by atoms with Crippen molar-refractivity contribution < 1.29 is 13.9 Å². The fourth-order valence-corrected chi connectivity index (χ4v) is 2.08. The molecule has 0 fully saturated rings. The fraction of sp³-hybridized carbons (Fsp3) is 0.133. The molecule has 0 aromatic heterocycles. The maximum absolute atomic E-state index is 13.7. The van der Waals surface area contributed by atoms with Crippen molar-refractivity contribution in [2.75, 3.05) is 6.61 Å². The Bertz CT molecular complexity index is 611. The molecule has 4 heteroatoms. The SMILES string of the molecule is CCOc1cccc(C(=O)c2cc(Br)ccc2F)c1. The fourth-order valence-electron chi connectivity index (χ4n) is 1.72. The Hall–Kier alpha value is -1.68. The topological polar surface area (TPSA) is 26.3 Å². The van der Waals surface area contributed by atoms with Crippen molar-refractivity contribution in [3.05, 3.63) is 63.9 Å². The van der Waals surface area contributed by atoms with Gasteiger partial charge in [0.2, 0.25) is 0 Å². The van der Waals surface area contributed by atoms with Crippen molar-refractivity contribution in [2.45, 2.75) is 6.92 Å². The minimum absolute atomic E-state index is 0.0445. The van der Waals surface area contributed by atoms with Crippen LogP contribution in [-0.2, 0) is 0 Å². The van der Waals surface area contributed by atoms with Gasteiger partial charge in [-0.25, -0.2) is 4.39 Å². The van der Waals surface area contributed by atoms with E-state index >= 15 is 0 Å². The van der Waals surface area contributed by atoms with E-state index in [-0.39, 0.29) is 11.3 Å². The van der Waals surface area contributed by atoms with Crippen molar-refractivity contribution in [1.82, 2.24) is 0 Å². The van der Waals surface area contributed by atoms with E-state index in [9.17, 15) is 9.18 Å². The number of hydrogen-bond acceptors (Lipinski definition) is 2. The molecule has 0 amide bonds. The highest BCUT2D eigenvalue weighted by molar-refractivity contribution is 9.10. The molecular formula is C15H12BrFO2. The van der Waals surface area contributed by atoms with E-state index in [1.54, 1.807) is 30.3 Å². The summed E-state index contributed by atoms with van der Waals surface area (Å²) in [5, 5.41) is 0. The summed E-state index contributed by atoms with van der Waals surface area (Å²) >= 11 is 3.23. The Balaban J connectivity index is 2.38. The molecule has 0 aliphatic rings. The van der Waals surface area contributed by atoms with Gasteiger partial charge < -0.3 is 4.74 Å². The van der Waals surface area contributed by atoms with Crippen LogP contribution >= 0.6 is 15.9 Å². The molecule has 19 heavy (non-hydrogen) atoms. The average Bonchev–Trinajstić information content (AvgIpc) is 2.41. The van der Waals surface area contributed by atoms with Gasteiger partial charge in [-0.2, -0.15) is 0 Å². The number of hydrogen-bond donors (Lipinski definition) is 0. The first-order valence-corrected chi connectivity index (χ1v) is 6.63. The maximum Gasteiger partial charge on any atom is 0.196 e. The van der Waals surface area contributed by atoms with Gasteiger partial charge in [-0.15, -0.1) is 0 Å². The summed E-state index contributed by atoms with van der Waals surface area (Å²) in [6.07, 6.45) is 0. The van der Waals surface area contributed by atoms with Crippen LogP contribution < -0.4 is 4.74 Å². The Morgan fingerprint density at radius 3 is 2.79 bits per heavy atom. The monoisotopic (exact) mass is 322 g/mol. The molecule has 0 saturated heterocycles. The largest absolute Gasteiger partial charge is 0.494 e. The van der Waals surface area contributed by atoms with Crippen LogP contribution in [0.5, 0.6) is 5.75 Å². The zero-order valence-corrected chi connectivity index (χ0v) is 11.9. The highest BCUT2D eigenvalue weighted by Crippen LogP contribution is 2.21. The van der Waals surface area contributed by atoms with Crippen LogP contribution in [0.3, 0.4) is 0 Å². The predicted molar refractivity (Wildman–Crippen MR) is 75.1 cm³/mol. The first-order valence-electron chi connectivity index (χ1n) is 5.84. The molecule has 2 aromatic rings. The highest BCUT2D eigenvalue weighted by Gasteiger charge is 2.15. The summed E-state index contributed by atoms with van der Waals surface area (Å²) in [5.74, 6) is -0.292. The van der Waals surface area contributed by atoms with Gasteiger partial charge in [-0.05, 0) is 37.3 Å². The quantitative estimate of drug-likeness (QED) is 0.788. The second-order valence-electron chi connectivity index (χ2n) is 3.91. The summed E-state index contributed by atoms with van der Waals surface area (Å²) in [6.45, 7) is 2.38. The van der Waals surface area contributed by atoms with Crippen molar-refractivity contribution in [1.29, 1.82) is 0 Å². The molecule has 0 spiro atoms. The number of carbonyl (C=O) groups is 1. The van der Waals surface area contributed by atoms with E-state index in [0.29, 0.717) is 22.4 Å². The van der Waals surface area contributed by atoms with Crippen molar-refractivity contribution in [3.8, 4) is 5.75 Å². The highest BCUT2D eigenvalue weighted by atomic mass is 79.9. The van der Waals surface area contributed by atoms with E-state index in [4.69, 9.17) is 4.74 Å². The van der Waals surface area contributed by atoms with Gasteiger partial charge in [0, 0.05) is 10.0 Å². The molecule has 0 bridgehead atoms. The summed E-state index contributed by atoms with van der Waals surface area (Å²) in [5.41, 5.74) is 0.450. The maximum atomic E-state index is 13.7. The van der Waals surface area contributed by atoms with E-state index in [1.165, 1.54) is 12.1 Å². The average molecular weight is 323 g/mol. The van der Waals surface area contributed by atoms with Gasteiger partial charge in [0.25, 0.3) is 0 Å². The number of ketones is 1. The van der Waals surface area contributed by atoms with E-state index in [0.717, 1.165) is 0 Å². The molecule has 0 N–H and O–H groups in total. The molecule has 0 aliphatic heterocycles. The molecule has 0 atom stereocenters. The third-order valence-corrected chi connectivity index (χ3v) is 3.07. The van der Waals surface area contributed by atoms with Gasteiger partial charge in [0.1, 0.15) is 11.6 Å². The van der Waals surface area contributed by atoms with Crippen LogP contribution in [0.15, 0.2) is 46.9 Å². The van der Waals surface area contributed by atoms with Crippen LogP contribution in [0.25, 0.3) is 0 Å². The number of ether oxygens (including phenoxy) is 1. The van der Waals surface area contributed by atoms with E-state index in [1.807, 2.05) is 6.92 Å².